The summed E-state index contributed by atoms with van der Waals surface area (Å²) in [6.07, 6.45) is 2.45. The van der Waals surface area contributed by atoms with Crippen molar-refractivity contribution < 1.29 is 4.79 Å². The van der Waals surface area contributed by atoms with E-state index in [2.05, 4.69) is 20.5 Å². The Hall–Kier alpha value is -2.91. The molecule has 0 atom stereocenters. The second-order valence-corrected chi connectivity index (χ2v) is 9.54. The normalized spacial score (nSPS) is 15.8. The molecule has 3 rings (SSSR count). The summed E-state index contributed by atoms with van der Waals surface area (Å²) in [5.41, 5.74) is 8.70. The molecule has 1 aliphatic rings. The third kappa shape index (κ3) is 7.30. The molecule has 0 aliphatic carbocycles. The van der Waals surface area contributed by atoms with Gasteiger partial charge in [-0.2, -0.15) is 0 Å². The summed E-state index contributed by atoms with van der Waals surface area (Å²) in [5.74, 6) is 1.56. The fourth-order valence-corrected chi connectivity index (χ4v) is 4.25. The number of hydrogen-bond donors (Lipinski definition) is 3. The van der Waals surface area contributed by atoms with Crippen LogP contribution in [-0.4, -0.2) is 46.8 Å². The van der Waals surface area contributed by atoms with Crippen LogP contribution in [0.1, 0.15) is 41.0 Å². The van der Waals surface area contributed by atoms with Gasteiger partial charge in [0.25, 0.3) is 0 Å². The van der Waals surface area contributed by atoms with Crippen molar-refractivity contribution >= 4 is 40.7 Å². The minimum absolute atomic E-state index is 0.00810. The van der Waals surface area contributed by atoms with E-state index in [9.17, 15) is 4.79 Å². The predicted octanol–water partition coefficient (Wildman–Crippen LogP) is 4.31. The van der Waals surface area contributed by atoms with Gasteiger partial charge in [0.15, 0.2) is 5.16 Å². The molecule has 1 aromatic carbocycles. The maximum atomic E-state index is 11.6. The van der Waals surface area contributed by atoms with Crippen molar-refractivity contribution in [1.82, 2.24) is 9.97 Å². The lowest BCUT2D eigenvalue weighted by atomic mass is 9.94. The number of hydrogen-bond acceptors (Lipinski definition) is 8. The van der Waals surface area contributed by atoms with Gasteiger partial charge < -0.3 is 21.3 Å². The fourth-order valence-electron chi connectivity index (χ4n) is 3.48. The van der Waals surface area contributed by atoms with Crippen molar-refractivity contribution in [3.8, 4) is 0 Å². The first-order chi connectivity index (χ1) is 15.7. The number of allylic oxidation sites excluding steroid dienone is 2. The van der Waals surface area contributed by atoms with Crippen molar-refractivity contribution in [2.75, 3.05) is 35.2 Å². The van der Waals surface area contributed by atoms with Gasteiger partial charge in [-0.1, -0.05) is 6.92 Å². The Morgan fingerprint density at radius 2 is 1.91 bits per heavy atom. The molecule has 2 aromatic rings. The van der Waals surface area contributed by atoms with Crippen LogP contribution >= 0.6 is 11.8 Å². The van der Waals surface area contributed by atoms with E-state index in [4.69, 9.17) is 15.7 Å². The number of carbonyl (C=O) groups is 1. The Balaban J connectivity index is 1.82. The highest BCUT2D eigenvalue weighted by molar-refractivity contribution is 7.99. The third-order valence-electron chi connectivity index (χ3n) is 4.95. The average Bonchev–Trinajstić information content (AvgIpc) is 2.73. The van der Waals surface area contributed by atoms with Gasteiger partial charge in [0.1, 0.15) is 11.6 Å². The number of aromatic nitrogens is 2. The second-order valence-electron chi connectivity index (χ2n) is 8.50. The number of carbonyl (C=O) groups excluding carboxylic acids is 1. The zero-order chi connectivity index (χ0) is 24.0. The molecule has 33 heavy (non-hydrogen) atoms. The number of amides is 1. The Morgan fingerprint density at radius 3 is 2.52 bits per heavy atom. The summed E-state index contributed by atoms with van der Waals surface area (Å²) >= 11 is 1.47. The molecule has 0 radical (unpaired) electrons. The van der Waals surface area contributed by atoms with Crippen LogP contribution in [0, 0.1) is 0 Å². The molecule has 2 heterocycles. The maximum absolute atomic E-state index is 11.6. The van der Waals surface area contributed by atoms with Crippen LogP contribution in [0.15, 0.2) is 57.1 Å². The summed E-state index contributed by atoms with van der Waals surface area (Å²) in [6.45, 7) is 12.1. The number of anilines is 3. The first-order valence-electron chi connectivity index (χ1n) is 11.1. The molecule has 0 bridgehead atoms. The summed E-state index contributed by atoms with van der Waals surface area (Å²) in [5, 5.41) is 6.87. The van der Waals surface area contributed by atoms with E-state index in [1.807, 2.05) is 71.0 Å². The average molecular weight is 468 g/mol. The molecule has 9 heteroatoms. The van der Waals surface area contributed by atoms with Crippen molar-refractivity contribution in [2.45, 2.75) is 56.6 Å². The fraction of sp³-hybridized carbons (Fsp3) is 0.417. The van der Waals surface area contributed by atoms with E-state index in [1.165, 1.54) is 11.8 Å². The van der Waals surface area contributed by atoms with E-state index in [1.54, 1.807) is 0 Å². The molecular formula is C24H33N7OS. The van der Waals surface area contributed by atoms with Crippen LogP contribution in [0.4, 0.5) is 17.3 Å². The van der Waals surface area contributed by atoms with Crippen LogP contribution in [0.25, 0.3) is 0 Å². The van der Waals surface area contributed by atoms with Crippen molar-refractivity contribution in [1.29, 1.82) is 0 Å². The molecule has 1 aromatic heterocycles. The van der Waals surface area contributed by atoms with E-state index in [-0.39, 0.29) is 11.4 Å². The van der Waals surface area contributed by atoms with Crippen LogP contribution in [-0.2, 0) is 4.79 Å². The highest BCUT2D eigenvalue weighted by Gasteiger charge is 2.36. The highest BCUT2D eigenvalue weighted by atomic mass is 32.2. The quantitative estimate of drug-likeness (QED) is 0.372. The smallest absolute Gasteiger partial charge is 0.224 e. The van der Waals surface area contributed by atoms with Crippen molar-refractivity contribution in [3.63, 3.8) is 0 Å². The van der Waals surface area contributed by atoms with Gasteiger partial charge in [0.2, 0.25) is 5.91 Å². The molecular weight excluding hydrogens is 434 g/mol. The first-order valence-corrected chi connectivity index (χ1v) is 12.0. The molecule has 1 saturated heterocycles. The molecule has 176 valence electrons. The molecule has 0 unspecified atom stereocenters. The van der Waals surface area contributed by atoms with Gasteiger partial charge in [-0.05, 0) is 69.8 Å². The zero-order valence-electron chi connectivity index (χ0n) is 20.0. The third-order valence-corrected chi connectivity index (χ3v) is 5.82. The summed E-state index contributed by atoms with van der Waals surface area (Å²) in [4.78, 5) is 28.6. The Morgan fingerprint density at radius 1 is 1.21 bits per heavy atom. The minimum atomic E-state index is -0.200. The van der Waals surface area contributed by atoms with Crippen LogP contribution in [0.2, 0.25) is 0 Å². The zero-order valence-corrected chi connectivity index (χ0v) is 20.8. The highest BCUT2D eigenvalue weighted by Crippen LogP contribution is 2.31. The monoisotopic (exact) mass is 467 g/mol. The lowest BCUT2D eigenvalue weighted by Gasteiger charge is -2.46. The molecule has 8 nitrogen and oxygen atoms in total. The minimum Gasteiger partial charge on any atom is -0.353 e. The number of aliphatic imine (C=N–C) groups is 1. The Bertz CT molecular complexity index is 1040. The van der Waals surface area contributed by atoms with Gasteiger partial charge in [-0.3, -0.25) is 9.79 Å². The van der Waals surface area contributed by atoms with Crippen LogP contribution in [0.5, 0.6) is 0 Å². The molecule has 0 saturated carbocycles. The van der Waals surface area contributed by atoms with Gasteiger partial charge >= 0.3 is 0 Å². The lowest BCUT2D eigenvalue weighted by molar-refractivity contribution is -0.115. The van der Waals surface area contributed by atoms with E-state index in [0.717, 1.165) is 53.3 Å². The van der Waals surface area contributed by atoms with Crippen molar-refractivity contribution in [2.24, 2.45) is 10.7 Å². The molecule has 1 aliphatic heterocycles. The molecule has 1 fully saturated rings. The number of nitrogens with two attached hydrogens (primary N) is 1. The Labute approximate surface area is 200 Å². The van der Waals surface area contributed by atoms with Crippen LogP contribution < -0.4 is 21.3 Å². The standard InChI is InChI=1S/C24H33N7OS/c1-6-22(32)28-18-8-10-19(11-9-18)33-23-29-20(27-17(4)12-16(3)26-7-2)13-21(30-23)31-14-24(5,25)15-31/h8-13H,6-7,14-15,25H2,1-5H3,(H,28,32)(H,27,29,30)/b17-12+,26-16?. The lowest BCUT2D eigenvalue weighted by Crippen LogP contribution is -2.65. The SMILES string of the molecule is CCN=C(C)/C=C(\C)Nc1cc(N2CC(C)(N)C2)nc(Sc2ccc(NC(=O)CC)cc2)n1. The molecule has 1 amide bonds. The predicted molar refractivity (Wildman–Crippen MR) is 137 cm³/mol. The van der Waals surface area contributed by atoms with Crippen molar-refractivity contribution in [3.05, 3.63) is 42.1 Å². The molecule has 4 N–H and O–H groups in total. The summed E-state index contributed by atoms with van der Waals surface area (Å²) < 4.78 is 0. The van der Waals surface area contributed by atoms with Gasteiger partial charge in [-0.25, -0.2) is 9.97 Å². The van der Waals surface area contributed by atoms with Gasteiger partial charge in [0, 0.05) is 59.7 Å². The maximum Gasteiger partial charge on any atom is 0.224 e. The van der Waals surface area contributed by atoms with Crippen LogP contribution in [0.3, 0.4) is 0 Å². The number of rotatable bonds is 9. The van der Waals surface area contributed by atoms with Gasteiger partial charge in [0.05, 0.1) is 0 Å². The van der Waals surface area contributed by atoms with E-state index >= 15 is 0 Å². The first kappa shape index (κ1) is 24.7. The van der Waals surface area contributed by atoms with E-state index in [0.29, 0.717) is 11.6 Å². The molecule has 0 spiro atoms. The Kier molecular flexibility index (Phi) is 8.10. The number of benzene rings is 1. The van der Waals surface area contributed by atoms with Gasteiger partial charge in [-0.15, -0.1) is 0 Å². The number of nitrogens with zero attached hydrogens (tertiary/aromatic N) is 4. The van der Waals surface area contributed by atoms with E-state index < -0.39 is 0 Å². The summed E-state index contributed by atoms with van der Waals surface area (Å²) in [6, 6.07) is 9.63. The second kappa shape index (κ2) is 10.8. The summed E-state index contributed by atoms with van der Waals surface area (Å²) in [7, 11) is 0. The largest absolute Gasteiger partial charge is 0.353 e. The topological polar surface area (TPSA) is 109 Å². The number of nitrogens with one attached hydrogen (secondary N) is 2.